The molecule has 3 rings (SSSR count). The molecule has 2 unspecified atom stereocenters. The van der Waals surface area contributed by atoms with Gasteiger partial charge in [-0.3, -0.25) is 4.68 Å². The molecule has 2 aliphatic heterocycles. The lowest BCUT2D eigenvalue weighted by molar-refractivity contribution is 0.166. The summed E-state index contributed by atoms with van der Waals surface area (Å²) in [6.07, 6.45) is 7.44. The van der Waals surface area contributed by atoms with Crippen molar-refractivity contribution < 1.29 is 0 Å². The summed E-state index contributed by atoms with van der Waals surface area (Å²) in [5, 5.41) is 8.07. The number of nitrogens with one attached hydrogen (secondary N) is 1. The number of aryl methyl sites for hydroxylation is 1. The van der Waals surface area contributed by atoms with Crippen LogP contribution in [0, 0.1) is 0 Å². The van der Waals surface area contributed by atoms with Gasteiger partial charge in [-0.1, -0.05) is 0 Å². The molecule has 1 aromatic rings. The van der Waals surface area contributed by atoms with E-state index >= 15 is 0 Å². The van der Waals surface area contributed by atoms with E-state index < -0.39 is 0 Å². The Morgan fingerprint density at radius 2 is 2.35 bits per heavy atom. The quantitative estimate of drug-likeness (QED) is 0.851. The molecule has 0 aliphatic carbocycles. The predicted octanol–water partition coefficient (Wildman–Crippen LogP) is 1.14. The van der Waals surface area contributed by atoms with Gasteiger partial charge >= 0.3 is 0 Å². The molecule has 3 heterocycles. The van der Waals surface area contributed by atoms with Crippen LogP contribution < -0.4 is 5.32 Å². The minimum atomic E-state index is 0.691. The van der Waals surface area contributed by atoms with E-state index in [4.69, 9.17) is 0 Å². The third kappa shape index (κ3) is 2.53. The highest BCUT2D eigenvalue weighted by Crippen LogP contribution is 2.26. The molecule has 4 heteroatoms. The fraction of sp³-hybridized carbons (Fsp3) is 0.769. The Bertz CT molecular complexity index is 373. The maximum Gasteiger partial charge on any atom is 0.0762 e. The van der Waals surface area contributed by atoms with Crippen LogP contribution in [0.4, 0.5) is 0 Å². The van der Waals surface area contributed by atoms with Gasteiger partial charge in [-0.15, -0.1) is 0 Å². The number of nitrogens with zero attached hydrogens (tertiary/aromatic N) is 3. The minimum absolute atomic E-state index is 0.691. The summed E-state index contributed by atoms with van der Waals surface area (Å²) < 4.78 is 1.87. The highest BCUT2D eigenvalue weighted by atomic mass is 15.3. The van der Waals surface area contributed by atoms with Crippen LogP contribution in [0.2, 0.25) is 0 Å². The molecule has 1 aromatic heterocycles. The van der Waals surface area contributed by atoms with Crippen molar-refractivity contribution in [2.45, 2.75) is 44.3 Å². The number of rotatable bonds is 3. The Balaban J connectivity index is 1.49. The standard InChI is InChI=1S/C13H22N4/c1-16-7-4-12(15-16)10-14-11-5-8-17-6-2-3-13(17)9-11/h4,7,11,13-14H,2-3,5-6,8-10H2,1H3. The van der Waals surface area contributed by atoms with E-state index in [2.05, 4.69) is 21.4 Å². The molecule has 2 aliphatic rings. The van der Waals surface area contributed by atoms with Crippen LogP contribution in [-0.4, -0.2) is 39.9 Å². The number of fused-ring (bicyclic) bond motifs is 1. The summed E-state index contributed by atoms with van der Waals surface area (Å²) in [7, 11) is 1.97. The summed E-state index contributed by atoms with van der Waals surface area (Å²) in [4.78, 5) is 2.67. The first-order valence-corrected chi connectivity index (χ1v) is 6.77. The van der Waals surface area contributed by atoms with Crippen LogP contribution in [0.1, 0.15) is 31.4 Å². The lowest BCUT2D eigenvalue weighted by atomic mass is 9.97. The highest BCUT2D eigenvalue weighted by molar-refractivity contribution is 4.99. The summed E-state index contributed by atoms with van der Waals surface area (Å²) >= 11 is 0. The van der Waals surface area contributed by atoms with E-state index in [-0.39, 0.29) is 0 Å². The second kappa shape index (κ2) is 4.78. The van der Waals surface area contributed by atoms with E-state index in [0.29, 0.717) is 6.04 Å². The fourth-order valence-corrected chi connectivity index (χ4v) is 3.22. The fourth-order valence-electron chi connectivity index (χ4n) is 3.22. The molecule has 0 bridgehead atoms. The first-order chi connectivity index (χ1) is 8.31. The van der Waals surface area contributed by atoms with E-state index in [1.54, 1.807) is 0 Å². The normalized spacial score (nSPS) is 29.5. The minimum Gasteiger partial charge on any atom is -0.308 e. The maximum atomic E-state index is 4.41. The van der Waals surface area contributed by atoms with Gasteiger partial charge < -0.3 is 10.2 Å². The zero-order valence-corrected chi connectivity index (χ0v) is 10.6. The molecule has 0 radical (unpaired) electrons. The van der Waals surface area contributed by atoms with Gasteiger partial charge in [0, 0.05) is 31.9 Å². The topological polar surface area (TPSA) is 33.1 Å². The van der Waals surface area contributed by atoms with Crippen LogP contribution >= 0.6 is 0 Å². The van der Waals surface area contributed by atoms with Gasteiger partial charge in [0.05, 0.1) is 5.69 Å². The Morgan fingerprint density at radius 1 is 1.41 bits per heavy atom. The van der Waals surface area contributed by atoms with Gasteiger partial charge in [0.2, 0.25) is 0 Å². The Morgan fingerprint density at radius 3 is 3.18 bits per heavy atom. The van der Waals surface area contributed by atoms with Crippen LogP contribution in [0.25, 0.3) is 0 Å². The van der Waals surface area contributed by atoms with E-state index in [9.17, 15) is 0 Å². The zero-order valence-electron chi connectivity index (χ0n) is 10.6. The average molecular weight is 234 g/mol. The van der Waals surface area contributed by atoms with Crippen molar-refractivity contribution in [3.05, 3.63) is 18.0 Å². The molecule has 17 heavy (non-hydrogen) atoms. The number of aromatic nitrogens is 2. The second-order valence-corrected chi connectivity index (χ2v) is 5.41. The summed E-state index contributed by atoms with van der Waals surface area (Å²) in [5.41, 5.74) is 1.15. The molecule has 94 valence electrons. The lowest BCUT2D eigenvalue weighted by Crippen LogP contribution is -2.45. The second-order valence-electron chi connectivity index (χ2n) is 5.41. The molecule has 0 aromatic carbocycles. The van der Waals surface area contributed by atoms with Crippen LogP contribution in [0.5, 0.6) is 0 Å². The highest BCUT2D eigenvalue weighted by Gasteiger charge is 2.31. The lowest BCUT2D eigenvalue weighted by Gasteiger charge is -2.35. The molecule has 0 spiro atoms. The third-order valence-electron chi connectivity index (χ3n) is 4.16. The van der Waals surface area contributed by atoms with Crippen LogP contribution in [0.3, 0.4) is 0 Å². The summed E-state index contributed by atoms with van der Waals surface area (Å²) in [6.45, 7) is 3.53. The van der Waals surface area contributed by atoms with Crippen molar-refractivity contribution in [2.24, 2.45) is 7.05 Å². The van der Waals surface area contributed by atoms with Gasteiger partial charge in [-0.25, -0.2) is 0 Å². The molecule has 0 saturated carbocycles. The summed E-state index contributed by atoms with van der Waals surface area (Å²) in [5.74, 6) is 0. The molecule has 2 atom stereocenters. The largest absolute Gasteiger partial charge is 0.308 e. The van der Waals surface area contributed by atoms with Gasteiger partial charge in [0.1, 0.15) is 0 Å². The zero-order chi connectivity index (χ0) is 11.7. The smallest absolute Gasteiger partial charge is 0.0762 e. The molecule has 2 fully saturated rings. The van der Waals surface area contributed by atoms with Gasteiger partial charge in [0.15, 0.2) is 0 Å². The molecular formula is C13H22N4. The van der Waals surface area contributed by atoms with Crippen molar-refractivity contribution in [3.63, 3.8) is 0 Å². The van der Waals surface area contributed by atoms with E-state index in [0.717, 1.165) is 18.3 Å². The Kier molecular flexibility index (Phi) is 3.16. The van der Waals surface area contributed by atoms with Crippen molar-refractivity contribution in [3.8, 4) is 0 Å². The SMILES string of the molecule is Cn1ccc(CNC2CCN3CCCC3C2)n1. The Hall–Kier alpha value is -0.870. The molecular weight excluding hydrogens is 212 g/mol. The first-order valence-electron chi connectivity index (χ1n) is 6.77. The molecule has 4 nitrogen and oxygen atoms in total. The monoisotopic (exact) mass is 234 g/mol. The third-order valence-corrected chi connectivity index (χ3v) is 4.16. The predicted molar refractivity (Wildman–Crippen MR) is 67.7 cm³/mol. The van der Waals surface area contributed by atoms with Gasteiger partial charge in [-0.2, -0.15) is 5.10 Å². The van der Waals surface area contributed by atoms with E-state index in [1.807, 2.05) is 17.9 Å². The van der Waals surface area contributed by atoms with Gasteiger partial charge in [-0.05, 0) is 44.8 Å². The van der Waals surface area contributed by atoms with Crippen molar-refractivity contribution in [1.82, 2.24) is 20.0 Å². The molecule has 0 amide bonds. The summed E-state index contributed by atoms with van der Waals surface area (Å²) in [6, 6.07) is 3.64. The number of hydrogen-bond acceptors (Lipinski definition) is 3. The van der Waals surface area contributed by atoms with Crippen molar-refractivity contribution in [1.29, 1.82) is 0 Å². The van der Waals surface area contributed by atoms with Crippen molar-refractivity contribution in [2.75, 3.05) is 13.1 Å². The number of piperidine rings is 1. The molecule has 2 saturated heterocycles. The first kappa shape index (κ1) is 11.2. The number of hydrogen-bond donors (Lipinski definition) is 1. The van der Waals surface area contributed by atoms with E-state index in [1.165, 1.54) is 38.8 Å². The maximum absolute atomic E-state index is 4.41. The van der Waals surface area contributed by atoms with Gasteiger partial charge in [0.25, 0.3) is 0 Å². The molecule has 1 N–H and O–H groups in total. The van der Waals surface area contributed by atoms with Crippen molar-refractivity contribution >= 4 is 0 Å². The van der Waals surface area contributed by atoms with Crippen LogP contribution in [0.15, 0.2) is 12.3 Å². The van der Waals surface area contributed by atoms with Crippen LogP contribution in [-0.2, 0) is 13.6 Å². The average Bonchev–Trinajstić information content (AvgIpc) is 2.94. The Labute approximate surface area is 103 Å².